The third-order valence-corrected chi connectivity index (χ3v) is 3.08. The Morgan fingerprint density at radius 2 is 2.05 bits per heavy atom. The molecule has 0 atom stereocenters. The van der Waals surface area contributed by atoms with Gasteiger partial charge in [-0.15, -0.1) is 6.58 Å². The molecule has 1 rings (SSSR count). The molecule has 0 spiro atoms. The third kappa shape index (κ3) is 4.93. The normalized spacial score (nSPS) is 11.8. The first-order valence-electron chi connectivity index (χ1n) is 7.19. The van der Waals surface area contributed by atoms with Crippen molar-refractivity contribution in [2.45, 2.75) is 59.7 Å². The van der Waals surface area contributed by atoms with E-state index in [-0.39, 0.29) is 5.54 Å². The van der Waals surface area contributed by atoms with Crippen LogP contribution in [0.1, 0.15) is 45.9 Å². The van der Waals surface area contributed by atoms with Crippen LogP contribution in [0.2, 0.25) is 0 Å². The fourth-order valence-corrected chi connectivity index (χ4v) is 1.81. The van der Waals surface area contributed by atoms with Crippen molar-refractivity contribution >= 4 is 5.95 Å². The summed E-state index contributed by atoms with van der Waals surface area (Å²) in [5.41, 5.74) is 2.27. The predicted octanol–water partition coefficient (Wildman–Crippen LogP) is 3.07. The number of hydrogen-bond acceptors (Lipinski definition) is 4. The lowest BCUT2D eigenvalue weighted by molar-refractivity contribution is 0.423. The topological polar surface area (TPSA) is 41.1 Å². The number of hydrogen-bond donors (Lipinski definition) is 1. The molecule has 20 heavy (non-hydrogen) atoms. The van der Waals surface area contributed by atoms with Crippen molar-refractivity contribution in [3.8, 4) is 0 Å². The maximum atomic E-state index is 4.64. The molecule has 0 saturated heterocycles. The number of aryl methyl sites for hydroxylation is 1. The summed E-state index contributed by atoms with van der Waals surface area (Å²) >= 11 is 0. The second-order valence-corrected chi connectivity index (χ2v) is 6.42. The second-order valence-electron chi connectivity index (χ2n) is 6.42. The van der Waals surface area contributed by atoms with Gasteiger partial charge in [-0.3, -0.25) is 0 Å². The van der Waals surface area contributed by atoms with Crippen LogP contribution >= 0.6 is 0 Å². The Morgan fingerprint density at radius 3 is 2.50 bits per heavy atom. The summed E-state index contributed by atoms with van der Waals surface area (Å²) in [6.07, 6.45) is 3.81. The maximum absolute atomic E-state index is 4.64. The Hall–Kier alpha value is -1.42. The average molecular weight is 276 g/mol. The molecule has 1 aromatic heterocycles. The highest BCUT2D eigenvalue weighted by Gasteiger charge is 2.14. The third-order valence-electron chi connectivity index (χ3n) is 3.08. The van der Waals surface area contributed by atoms with Crippen molar-refractivity contribution in [2.75, 3.05) is 11.4 Å². The van der Waals surface area contributed by atoms with E-state index in [0.29, 0.717) is 6.04 Å². The van der Waals surface area contributed by atoms with E-state index >= 15 is 0 Å². The first-order valence-corrected chi connectivity index (χ1v) is 7.19. The lowest BCUT2D eigenvalue weighted by Crippen LogP contribution is -2.36. The Bertz CT molecular complexity index is 446. The van der Waals surface area contributed by atoms with Gasteiger partial charge in [0.05, 0.1) is 0 Å². The molecule has 0 aliphatic carbocycles. The number of rotatable bonds is 6. The standard InChI is InChI=1S/C16H28N4/c1-8-9-20(12(2)3)15-17-10-14(13(4)19-15)11-18-16(5,6)7/h8,10,12,18H,1,9,11H2,2-7H3. The highest BCUT2D eigenvalue weighted by molar-refractivity contribution is 5.35. The van der Waals surface area contributed by atoms with Gasteiger partial charge in [0.1, 0.15) is 0 Å². The van der Waals surface area contributed by atoms with Crippen LogP contribution in [0.25, 0.3) is 0 Å². The van der Waals surface area contributed by atoms with E-state index < -0.39 is 0 Å². The molecule has 4 nitrogen and oxygen atoms in total. The highest BCUT2D eigenvalue weighted by atomic mass is 15.3. The first kappa shape index (κ1) is 16.6. The van der Waals surface area contributed by atoms with E-state index in [1.54, 1.807) is 0 Å². The van der Waals surface area contributed by atoms with E-state index in [2.05, 4.69) is 61.4 Å². The largest absolute Gasteiger partial charge is 0.335 e. The molecule has 0 radical (unpaired) electrons. The monoisotopic (exact) mass is 276 g/mol. The zero-order valence-corrected chi connectivity index (χ0v) is 13.7. The molecule has 112 valence electrons. The Morgan fingerprint density at radius 1 is 1.40 bits per heavy atom. The summed E-state index contributed by atoms with van der Waals surface area (Å²) in [6, 6.07) is 0.353. The molecule has 1 N–H and O–H groups in total. The molecular formula is C16H28N4. The van der Waals surface area contributed by atoms with Crippen molar-refractivity contribution in [1.82, 2.24) is 15.3 Å². The van der Waals surface area contributed by atoms with E-state index in [1.807, 2.05) is 19.2 Å². The van der Waals surface area contributed by atoms with Crippen LogP contribution in [0.5, 0.6) is 0 Å². The summed E-state index contributed by atoms with van der Waals surface area (Å²) in [6.45, 7) is 18.1. The zero-order valence-electron chi connectivity index (χ0n) is 13.7. The van der Waals surface area contributed by atoms with E-state index in [9.17, 15) is 0 Å². The summed E-state index contributed by atoms with van der Waals surface area (Å²) in [7, 11) is 0. The Balaban J connectivity index is 2.88. The summed E-state index contributed by atoms with van der Waals surface area (Å²) in [5, 5.41) is 3.47. The van der Waals surface area contributed by atoms with Crippen LogP contribution in [0.4, 0.5) is 5.95 Å². The zero-order chi connectivity index (χ0) is 15.3. The molecule has 0 fully saturated rings. The van der Waals surface area contributed by atoms with Gasteiger partial charge in [-0.1, -0.05) is 6.08 Å². The molecule has 0 bridgehead atoms. The summed E-state index contributed by atoms with van der Waals surface area (Å²) in [4.78, 5) is 11.3. The lowest BCUT2D eigenvalue weighted by atomic mass is 10.1. The fraction of sp³-hybridized carbons (Fsp3) is 0.625. The van der Waals surface area contributed by atoms with Gasteiger partial charge in [-0.05, 0) is 41.5 Å². The van der Waals surface area contributed by atoms with Crippen LogP contribution in [-0.2, 0) is 6.54 Å². The molecule has 0 aliphatic rings. The average Bonchev–Trinajstić information content (AvgIpc) is 2.33. The van der Waals surface area contributed by atoms with Crippen LogP contribution < -0.4 is 10.2 Å². The van der Waals surface area contributed by atoms with Crippen molar-refractivity contribution in [3.05, 3.63) is 30.1 Å². The van der Waals surface area contributed by atoms with Gasteiger partial charge in [0.2, 0.25) is 5.95 Å². The summed E-state index contributed by atoms with van der Waals surface area (Å²) in [5.74, 6) is 0.775. The predicted molar refractivity (Wildman–Crippen MR) is 86.0 cm³/mol. The second kappa shape index (κ2) is 6.84. The van der Waals surface area contributed by atoms with E-state index in [4.69, 9.17) is 0 Å². The minimum Gasteiger partial charge on any atom is -0.335 e. The van der Waals surface area contributed by atoms with Crippen molar-refractivity contribution in [2.24, 2.45) is 0 Å². The number of anilines is 1. The van der Waals surface area contributed by atoms with Crippen molar-refractivity contribution in [3.63, 3.8) is 0 Å². The molecule has 0 saturated carbocycles. The molecular weight excluding hydrogens is 248 g/mol. The van der Waals surface area contributed by atoms with E-state index in [0.717, 1.165) is 30.3 Å². The van der Waals surface area contributed by atoms with Gasteiger partial charge < -0.3 is 10.2 Å². The minimum atomic E-state index is 0.0952. The Kier molecular flexibility index (Phi) is 5.69. The molecule has 1 heterocycles. The molecule has 0 amide bonds. The quantitative estimate of drug-likeness (QED) is 0.811. The highest BCUT2D eigenvalue weighted by Crippen LogP contribution is 2.14. The van der Waals surface area contributed by atoms with Crippen LogP contribution in [0, 0.1) is 6.92 Å². The molecule has 1 aromatic rings. The van der Waals surface area contributed by atoms with E-state index in [1.165, 1.54) is 0 Å². The van der Waals surface area contributed by atoms with Crippen LogP contribution in [-0.4, -0.2) is 28.1 Å². The molecule has 0 aliphatic heterocycles. The lowest BCUT2D eigenvalue weighted by Gasteiger charge is -2.26. The first-order chi connectivity index (χ1) is 9.24. The van der Waals surface area contributed by atoms with Crippen molar-refractivity contribution in [1.29, 1.82) is 0 Å². The van der Waals surface area contributed by atoms with Crippen molar-refractivity contribution < 1.29 is 0 Å². The maximum Gasteiger partial charge on any atom is 0.226 e. The van der Waals surface area contributed by atoms with Crippen LogP contribution in [0.3, 0.4) is 0 Å². The molecule has 4 heteroatoms. The van der Waals surface area contributed by atoms with Gasteiger partial charge in [0.15, 0.2) is 0 Å². The minimum absolute atomic E-state index is 0.0952. The van der Waals surface area contributed by atoms with Gasteiger partial charge in [0, 0.05) is 42.1 Å². The smallest absolute Gasteiger partial charge is 0.226 e. The van der Waals surface area contributed by atoms with Crippen LogP contribution in [0.15, 0.2) is 18.9 Å². The number of nitrogens with zero attached hydrogens (tertiary/aromatic N) is 3. The van der Waals surface area contributed by atoms with Gasteiger partial charge in [-0.25, -0.2) is 9.97 Å². The number of nitrogens with one attached hydrogen (secondary N) is 1. The molecule has 0 unspecified atom stereocenters. The van der Waals surface area contributed by atoms with Gasteiger partial charge in [0.25, 0.3) is 0 Å². The Labute approximate surface area is 123 Å². The fourth-order valence-electron chi connectivity index (χ4n) is 1.81. The SMILES string of the molecule is C=CCN(c1ncc(CNC(C)(C)C)c(C)n1)C(C)C. The summed E-state index contributed by atoms with van der Waals surface area (Å²) < 4.78 is 0. The number of aromatic nitrogens is 2. The van der Waals surface area contributed by atoms with Gasteiger partial charge in [-0.2, -0.15) is 0 Å². The molecule has 0 aromatic carbocycles. The van der Waals surface area contributed by atoms with Gasteiger partial charge >= 0.3 is 0 Å².